The maximum atomic E-state index is 13.0. The number of carbonyl (C=O) groups is 1. The van der Waals surface area contributed by atoms with Crippen molar-refractivity contribution in [3.05, 3.63) is 84.4 Å². The molecule has 5 rings (SSSR count). The smallest absolute Gasteiger partial charge is 0.346 e. The maximum Gasteiger partial charge on any atom is 0.416 e. The van der Waals surface area contributed by atoms with Crippen molar-refractivity contribution in [2.75, 3.05) is 16.0 Å². The van der Waals surface area contributed by atoms with Gasteiger partial charge in [-0.2, -0.15) is 18.3 Å². The number of alkyl halides is 3. The van der Waals surface area contributed by atoms with Crippen LogP contribution in [0.5, 0.6) is 0 Å². The molecule has 0 bridgehead atoms. The third kappa shape index (κ3) is 5.69. The molecule has 0 atom stereocenters. The van der Waals surface area contributed by atoms with Crippen LogP contribution in [0.25, 0.3) is 16.7 Å². The zero-order valence-electron chi connectivity index (χ0n) is 21.3. The molecule has 0 fully saturated rings. The summed E-state index contributed by atoms with van der Waals surface area (Å²) >= 11 is 0. The van der Waals surface area contributed by atoms with Crippen LogP contribution in [0.4, 0.5) is 41.0 Å². The lowest BCUT2D eigenvalue weighted by Gasteiger charge is -2.14. The van der Waals surface area contributed by atoms with Crippen molar-refractivity contribution in [2.45, 2.75) is 32.4 Å². The molecule has 9 nitrogen and oxygen atoms in total. The van der Waals surface area contributed by atoms with Gasteiger partial charge in [-0.15, -0.1) is 0 Å². The zero-order chi connectivity index (χ0) is 27.8. The van der Waals surface area contributed by atoms with E-state index in [0.717, 1.165) is 23.2 Å². The number of H-pyrrole nitrogens is 1. The molecule has 0 saturated heterocycles. The van der Waals surface area contributed by atoms with E-state index in [2.05, 4.69) is 36.0 Å². The molecule has 5 aromatic rings. The quantitative estimate of drug-likeness (QED) is 0.197. The normalized spacial score (nSPS) is 11.9. The molecule has 12 heteroatoms. The first-order valence-corrected chi connectivity index (χ1v) is 12.0. The fraction of sp³-hybridized carbons (Fsp3) is 0.185. The molecule has 0 spiro atoms. The minimum Gasteiger partial charge on any atom is -0.346 e. The number of fused-ring (bicyclic) bond motifs is 1. The lowest BCUT2D eigenvalue weighted by Crippen LogP contribution is -2.21. The molecule has 0 saturated carbocycles. The van der Waals surface area contributed by atoms with Gasteiger partial charge < -0.3 is 15.6 Å². The van der Waals surface area contributed by atoms with E-state index < -0.39 is 17.8 Å². The molecular weight excluding hydrogens is 509 g/mol. The van der Waals surface area contributed by atoms with Crippen molar-refractivity contribution in [3.8, 4) is 5.69 Å². The summed E-state index contributed by atoms with van der Waals surface area (Å²) in [7, 11) is 0. The first-order chi connectivity index (χ1) is 18.5. The topological polar surface area (TPSA) is 113 Å². The fourth-order valence-corrected chi connectivity index (χ4v) is 3.85. The summed E-state index contributed by atoms with van der Waals surface area (Å²) in [4.78, 5) is 24.3. The molecule has 0 aliphatic rings. The molecular formula is C27H25F3N8O. The molecule has 39 heavy (non-hydrogen) atoms. The van der Waals surface area contributed by atoms with Gasteiger partial charge in [0.1, 0.15) is 23.6 Å². The Morgan fingerprint density at radius 1 is 0.897 bits per heavy atom. The number of halogens is 3. The van der Waals surface area contributed by atoms with Crippen molar-refractivity contribution < 1.29 is 18.0 Å². The zero-order valence-corrected chi connectivity index (χ0v) is 21.3. The van der Waals surface area contributed by atoms with E-state index in [-0.39, 0.29) is 5.41 Å². The summed E-state index contributed by atoms with van der Waals surface area (Å²) in [5, 5.41) is 14.1. The highest BCUT2D eigenvalue weighted by molar-refractivity contribution is 5.99. The average Bonchev–Trinajstić information content (AvgIpc) is 3.53. The van der Waals surface area contributed by atoms with Crippen molar-refractivity contribution in [1.82, 2.24) is 24.7 Å². The van der Waals surface area contributed by atoms with Crippen LogP contribution in [0.3, 0.4) is 0 Å². The molecule has 3 heterocycles. The first-order valence-electron chi connectivity index (χ1n) is 12.0. The Morgan fingerprint density at radius 2 is 1.59 bits per heavy atom. The number of nitrogens with one attached hydrogen (secondary N) is 4. The van der Waals surface area contributed by atoms with Crippen LogP contribution in [0.2, 0.25) is 0 Å². The second-order valence-electron chi connectivity index (χ2n) is 9.86. The van der Waals surface area contributed by atoms with Crippen LogP contribution < -0.4 is 16.0 Å². The van der Waals surface area contributed by atoms with Crippen LogP contribution in [0.1, 0.15) is 32.0 Å². The number of carbonyl (C=O) groups excluding carboxylic acids is 1. The Labute approximate surface area is 221 Å². The minimum absolute atomic E-state index is 0.315. The van der Waals surface area contributed by atoms with Gasteiger partial charge in [-0.05, 0) is 54.6 Å². The Bertz CT molecular complexity index is 1610. The minimum atomic E-state index is -4.45. The molecule has 0 radical (unpaired) electrons. The number of aromatic nitrogens is 5. The second kappa shape index (κ2) is 9.78. The monoisotopic (exact) mass is 534 g/mol. The predicted octanol–water partition coefficient (Wildman–Crippen LogP) is 6.85. The van der Waals surface area contributed by atoms with Crippen LogP contribution in [0.15, 0.2) is 73.2 Å². The summed E-state index contributed by atoms with van der Waals surface area (Å²) < 4.78 is 40.5. The van der Waals surface area contributed by atoms with Gasteiger partial charge in [0, 0.05) is 29.1 Å². The van der Waals surface area contributed by atoms with Gasteiger partial charge in [-0.1, -0.05) is 20.8 Å². The van der Waals surface area contributed by atoms with Gasteiger partial charge in [0.15, 0.2) is 0 Å². The summed E-state index contributed by atoms with van der Waals surface area (Å²) in [6.45, 7) is 5.86. The van der Waals surface area contributed by atoms with Crippen LogP contribution in [0, 0.1) is 0 Å². The van der Waals surface area contributed by atoms with Crippen molar-refractivity contribution in [2.24, 2.45) is 0 Å². The SMILES string of the molecule is CC(C)(C)c1cc(NC(=O)Nc2ccc(Nc3ncnc4[nH]ccc34)cc2)n(-c2ccc(C(F)(F)F)cc2)n1. The molecule has 2 aromatic carbocycles. The Balaban J connectivity index is 1.31. The maximum absolute atomic E-state index is 13.0. The van der Waals surface area contributed by atoms with Gasteiger partial charge in [0.25, 0.3) is 0 Å². The van der Waals surface area contributed by atoms with Crippen molar-refractivity contribution >= 4 is 40.1 Å². The number of aromatic amines is 1. The third-order valence-corrected chi connectivity index (χ3v) is 5.92. The molecule has 4 N–H and O–H groups in total. The number of hydrogen-bond donors (Lipinski definition) is 4. The Morgan fingerprint density at radius 3 is 2.26 bits per heavy atom. The first kappa shape index (κ1) is 25.8. The molecule has 3 aromatic heterocycles. The van der Waals surface area contributed by atoms with Gasteiger partial charge in [0.2, 0.25) is 0 Å². The van der Waals surface area contributed by atoms with Gasteiger partial charge in [-0.25, -0.2) is 19.4 Å². The second-order valence-corrected chi connectivity index (χ2v) is 9.86. The number of rotatable bonds is 5. The lowest BCUT2D eigenvalue weighted by molar-refractivity contribution is -0.137. The van der Waals surface area contributed by atoms with E-state index >= 15 is 0 Å². The lowest BCUT2D eigenvalue weighted by atomic mass is 9.92. The van der Waals surface area contributed by atoms with Crippen LogP contribution in [-0.4, -0.2) is 30.8 Å². The van der Waals surface area contributed by atoms with Gasteiger partial charge in [-0.3, -0.25) is 5.32 Å². The average molecular weight is 535 g/mol. The van der Waals surface area contributed by atoms with Crippen molar-refractivity contribution in [1.29, 1.82) is 0 Å². The number of urea groups is 1. The van der Waals surface area contributed by atoms with E-state index in [1.165, 1.54) is 23.1 Å². The van der Waals surface area contributed by atoms with E-state index in [9.17, 15) is 18.0 Å². The molecule has 0 aliphatic heterocycles. The molecule has 0 aliphatic carbocycles. The van der Waals surface area contributed by atoms with E-state index in [0.29, 0.717) is 34.4 Å². The Kier molecular flexibility index (Phi) is 6.46. The van der Waals surface area contributed by atoms with Gasteiger partial charge >= 0.3 is 12.2 Å². The molecule has 200 valence electrons. The number of amides is 2. The number of nitrogens with zero attached hydrogens (tertiary/aromatic N) is 4. The highest BCUT2D eigenvalue weighted by Gasteiger charge is 2.30. The fourth-order valence-electron chi connectivity index (χ4n) is 3.85. The standard InChI is InChI=1S/C27H25F3N8O/c1-26(2,3)21-14-22(38(37-21)19-10-4-16(5-11-19)27(28,29)30)36-25(39)35-18-8-6-17(7-9-18)34-24-20-12-13-31-23(20)32-15-33-24/h4-15H,1-3H3,(H2,35,36,39)(H2,31,32,33,34). The van der Waals surface area contributed by atoms with E-state index in [4.69, 9.17) is 0 Å². The number of hydrogen-bond acceptors (Lipinski definition) is 5. The Hall–Kier alpha value is -4.87. The molecule has 0 unspecified atom stereocenters. The third-order valence-electron chi connectivity index (χ3n) is 5.92. The van der Waals surface area contributed by atoms with E-state index in [1.54, 1.807) is 36.5 Å². The highest BCUT2D eigenvalue weighted by atomic mass is 19.4. The summed E-state index contributed by atoms with van der Waals surface area (Å²) in [6, 6.07) is 14.7. The highest BCUT2D eigenvalue weighted by Crippen LogP contribution is 2.31. The predicted molar refractivity (Wildman–Crippen MR) is 144 cm³/mol. The van der Waals surface area contributed by atoms with Gasteiger partial charge in [0.05, 0.1) is 22.3 Å². The van der Waals surface area contributed by atoms with Crippen LogP contribution in [-0.2, 0) is 11.6 Å². The van der Waals surface area contributed by atoms with Crippen molar-refractivity contribution in [3.63, 3.8) is 0 Å². The number of benzene rings is 2. The number of anilines is 4. The van der Waals surface area contributed by atoms with E-state index in [1.807, 2.05) is 26.8 Å². The summed E-state index contributed by atoms with van der Waals surface area (Å²) in [5.41, 5.74) is 1.92. The summed E-state index contributed by atoms with van der Waals surface area (Å²) in [5.74, 6) is 0.959. The largest absolute Gasteiger partial charge is 0.416 e. The summed E-state index contributed by atoms with van der Waals surface area (Å²) in [6.07, 6.45) is -1.21. The van der Waals surface area contributed by atoms with Crippen LogP contribution >= 0.6 is 0 Å². The molecule has 2 amide bonds.